The van der Waals surface area contributed by atoms with Crippen LogP contribution in [0.25, 0.3) is 0 Å². The van der Waals surface area contributed by atoms with E-state index < -0.39 is 30.4 Å². The largest absolute Gasteiger partial charge is 0.459 e. The Bertz CT molecular complexity index is 434. The van der Waals surface area contributed by atoms with Gasteiger partial charge in [0.1, 0.15) is 24.9 Å². The summed E-state index contributed by atoms with van der Waals surface area (Å²) < 4.78 is 4.74. The van der Waals surface area contributed by atoms with Crippen LogP contribution in [0, 0.1) is 0 Å². The summed E-state index contributed by atoms with van der Waals surface area (Å²) in [4.78, 5) is 21.7. The number of aliphatic hydroxyl groups excluding tert-OH is 4. The van der Waals surface area contributed by atoms with Crippen LogP contribution in [0.15, 0.2) is 30.3 Å². The molecule has 4 atom stereocenters. The predicted molar refractivity (Wildman–Crippen MR) is 66.3 cm³/mol. The third-order valence-electron chi connectivity index (χ3n) is 2.63. The molecule has 0 saturated heterocycles. The van der Waals surface area contributed by atoms with E-state index in [4.69, 9.17) is 9.84 Å². The number of aliphatic hydroxyl groups is 4. The number of carbonyl (C=O) groups is 2. The van der Waals surface area contributed by atoms with Crippen LogP contribution in [0.4, 0.5) is 0 Å². The normalized spacial score (nSPS) is 16.8. The summed E-state index contributed by atoms with van der Waals surface area (Å²) in [7, 11) is 0. The Morgan fingerprint density at radius 1 is 1.10 bits per heavy atom. The molecular weight excluding hydrogens is 268 g/mol. The van der Waals surface area contributed by atoms with Gasteiger partial charge in [-0.3, -0.25) is 0 Å². The molecule has 110 valence electrons. The van der Waals surface area contributed by atoms with Gasteiger partial charge >= 0.3 is 5.97 Å². The van der Waals surface area contributed by atoms with Crippen LogP contribution < -0.4 is 0 Å². The molecule has 0 radical (unpaired) electrons. The second kappa shape index (κ2) is 7.71. The quantitative estimate of drug-likeness (QED) is 0.350. The first kappa shape index (κ1) is 16.3. The Morgan fingerprint density at radius 2 is 1.70 bits per heavy atom. The Kier molecular flexibility index (Phi) is 6.26. The second-order valence-electron chi connectivity index (χ2n) is 4.15. The van der Waals surface area contributed by atoms with E-state index in [1.165, 1.54) is 0 Å². The van der Waals surface area contributed by atoms with Gasteiger partial charge in [0.15, 0.2) is 12.4 Å². The zero-order valence-electron chi connectivity index (χ0n) is 10.5. The highest BCUT2D eigenvalue weighted by Crippen LogP contribution is 2.08. The van der Waals surface area contributed by atoms with Crippen molar-refractivity contribution in [2.45, 2.75) is 31.0 Å². The molecule has 20 heavy (non-hydrogen) atoms. The molecular formula is C13H16O7. The molecule has 1 aromatic carbocycles. The molecule has 0 unspecified atom stereocenters. The number of benzene rings is 1. The fourth-order valence-electron chi connectivity index (χ4n) is 1.42. The van der Waals surface area contributed by atoms with Crippen LogP contribution in [0.2, 0.25) is 0 Å². The molecule has 7 nitrogen and oxygen atoms in total. The lowest BCUT2D eigenvalue weighted by molar-refractivity contribution is -0.170. The zero-order valence-corrected chi connectivity index (χ0v) is 10.5. The summed E-state index contributed by atoms with van der Waals surface area (Å²) in [5.74, 6) is -1.17. The summed E-state index contributed by atoms with van der Waals surface area (Å²) in [6, 6.07) is 8.64. The number of carbonyl (C=O) groups excluding carboxylic acids is 2. The topological polar surface area (TPSA) is 124 Å². The van der Waals surface area contributed by atoms with E-state index in [2.05, 4.69) is 0 Å². The van der Waals surface area contributed by atoms with Crippen molar-refractivity contribution in [2.24, 2.45) is 0 Å². The van der Waals surface area contributed by atoms with E-state index in [1.54, 1.807) is 30.3 Å². The Labute approximate surface area is 115 Å². The maximum absolute atomic E-state index is 11.5. The smallest absolute Gasteiger partial charge is 0.338 e. The summed E-state index contributed by atoms with van der Waals surface area (Å²) in [5.41, 5.74) is 0.677. The molecule has 0 aliphatic rings. The molecule has 0 aliphatic heterocycles. The van der Waals surface area contributed by atoms with E-state index in [-0.39, 0.29) is 12.9 Å². The molecule has 0 aliphatic carbocycles. The number of hydrogen-bond donors (Lipinski definition) is 4. The van der Waals surface area contributed by atoms with E-state index in [1.807, 2.05) is 0 Å². The van der Waals surface area contributed by atoms with Crippen molar-refractivity contribution in [1.29, 1.82) is 0 Å². The number of ether oxygens (including phenoxy) is 1. The number of aldehydes is 1. The number of rotatable bonds is 7. The van der Waals surface area contributed by atoms with Gasteiger partial charge in [-0.05, 0) is 5.56 Å². The van der Waals surface area contributed by atoms with Crippen molar-refractivity contribution in [3.8, 4) is 0 Å². The second-order valence-corrected chi connectivity index (χ2v) is 4.15. The first-order valence-corrected chi connectivity index (χ1v) is 5.85. The maximum atomic E-state index is 11.5. The molecule has 1 aromatic rings. The first-order valence-electron chi connectivity index (χ1n) is 5.85. The SMILES string of the molecule is O=C[C@H](O)[C@@H](O)[C@@H](O)[C@H](O)C(=O)OCc1ccccc1. The van der Waals surface area contributed by atoms with Gasteiger partial charge in [0, 0.05) is 0 Å². The lowest BCUT2D eigenvalue weighted by atomic mass is 10.0. The maximum Gasteiger partial charge on any atom is 0.338 e. The molecule has 0 bridgehead atoms. The lowest BCUT2D eigenvalue weighted by Gasteiger charge is -2.22. The number of esters is 1. The highest BCUT2D eigenvalue weighted by atomic mass is 16.5. The van der Waals surface area contributed by atoms with Crippen molar-refractivity contribution in [1.82, 2.24) is 0 Å². The van der Waals surface area contributed by atoms with E-state index in [0.717, 1.165) is 0 Å². The number of hydrogen-bond acceptors (Lipinski definition) is 7. The Morgan fingerprint density at radius 3 is 2.25 bits per heavy atom. The minimum Gasteiger partial charge on any atom is -0.459 e. The summed E-state index contributed by atoms with van der Waals surface area (Å²) in [6.45, 7) is -0.115. The van der Waals surface area contributed by atoms with Gasteiger partial charge in [-0.25, -0.2) is 4.79 Å². The van der Waals surface area contributed by atoms with Crippen LogP contribution in [0.5, 0.6) is 0 Å². The van der Waals surface area contributed by atoms with Crippen molar-refractivity contribution in [3.05, 3.63) is 35.9 Å². The minimum absolute atomic E-state index is 0.0179. The van der Waals surface area contributed by atoms with Crippen molar-refractivity contribution in [2.75, 3.05) is 0 Å². The molecule has 0 heterocycles. The zero-order chi connectivity index (χ0) is 15.1. The van der Waals surface area contributed by atoms with Crippen molar-refractivity contribution in [3.63, 3.8) is 0 Å². The summed E-state index contributed by atoms with van der Waals surface area (Å²) in [5, 5.41) is 37.2. The molecule has 0 spiro atoms. The van der Waals surface area contributed by atoms with Gasteiger partial charge in [-0.2, -0.15) is 0 Å². The van der Waals surface area contributed by atoms with Crippen molar-refractivity contribution >= 4 is 12.3 Å². The van der Waals surface area contributed by atoms with Crippen LogP contribution in [-0.4, -0.2) is 57.1 Å². The van der Waals surface area contributed by atoms with E-state index >= 15 is 0 Å². The van der Waals surface area contributed by atoms with Gasteiger partial charge in [0.25, 0.3) is 0 Å². The molecule has 0 aromatic heterocycles. The summed E-state index contributed by atoms with van der Waals surface area (Å²) in [6.07, 6.45) is -7.99. The molecule has 0 amide bonds. The third-order valence-corrected chi connectivity index (χ3v) is 2.63. The average Bonchev–Trinajstić information content (AvgIpc) is 2.50. The van der Waals surface area contributed by atoms with Crippen LogP contribution >= 0.6 is 0 Å². The average molecular weight is 284 g/mol. The molecule has 1 rings (SSSR count). The van der Waals surface area contributed by atoms with E-state index in [9.17, 15) is 24.9 Å². The monoisotopic (exact) mass is 284 g/mol. The van der Waals surface area contributed by atoms with Crippen LogP contribution in [-0.2, 0) is 20.9 Å². The van der Waals surface area contributed by atoms with Crippen LogP contribution in [0.1, 0.15) is 5.56 Å². The van der Waals surface area contributed by atoms with Crippen molar-refractivity contribution < 1.29 is 34.8 Å². The predicted octanol–water partition coefficient (Wildman–Crippen LogP) is -1.63. The standard InChI is InChI=1S/C13H16O7/c14-6-9(15)10(16)11(17)12(18)13(19)20-7-8-4-2-1-3-5-8/h1-6,9-12,15-18H,7H2/t9-,10+,11+,12-/m0/s1. The van der Waals surface area contributed by atoms with Gasteiger partial charge in [0.2, 0.25) is 0 Å². The fraction of sp³-hybridized carbons (Fsp3) is 0.385. The lowest BCUT2D eigenvalue weighted by Crippen LogP contribution is -2.48. The molecule has 0 saturated carbocycles. The Hall–Kier alpha value is -1.80. The van der Waals surface area contributed by atoms with E-state index in [0.29, 0.717) is 5.56 Å². The highest BCUT2D eigenvalue weighted by molar-refractivity contribution is 5.75. The fourth-order valence-corrected chi connectivity index (χ4v) is 1.42. The first-order chi connectivity index (χ1) is 9.47. The third kappa shape index (κ3) is 4.39. The highest BCUT2D eigenvalue weighted by Gasteiger charge is 2.35. The van der Waals surface area contributed by atoms with Gasteiger partial charge in [-0.1, -0.05) is 30.3 Å². The molecule has 0 fully saturated rings. The molecule has 4 N–H and O–H groups in total. The Balaban J connectivity index is 2.52. The van der Waals surface area contributed by atoms with Gasteiger partial charge in [0.05, 0.1) is 0 Å². The summed E-state index contributed by atoms with van der Waals surface area (Å²) >= 11 is 0. The van der Waals surface area contributed by atoms with Gasteiger partial charge < -0.3 is 30.0 Å². The molecule has 7 heteroatoms. The van der Waals surface area contributed by atoms with Gasteiger partial charge in [-0.15, -0.1) is 0 Å². The minimum atomic E-state index is -2.07. The van der Waals surface area contributed by atoms with Crippen LogP contribution in [0.3, 0.4) is 0 Å².